The van der Waals surface area contributed by atoms with Crippen molar-refractivity contribution >= 4 is 17.2 Å². The van der Waals surface area contributed by atoms with Gasteiger partial charge in [-0.3, -0.25) is 4.79 Å². The summed E-state index contributed by atoms with van der Waals surface area (Å²) in [6.45, 7) is 0.0214. The van der Waals surface area contributed by atoms with E-state index in [9.17, 15) is 9.90 Å². The molecule has 2 aromatic heterocycles. The highest BCUT2D eigenvalue weighted by atomic mass is 32.1. The number of ether oxygens (including phenoxy) is 1. The molecular weight excluding hydrogens is 398 g/mol. The smallest absolute Gasteiger partial charge is 0.232 e. The summed E-state index contributed by atoms with van der Waals surface area (Å²) >= 11 is 1.43. The molecule has 4 aromatic rings. The minimum Gasteiger partial charge on any atom is -0.472 e. The van der Waals surface area contributed by atoms with Crippen LogP contribution in [0.1, 0.15) is 27.5 Å². The van der Waals surface area contributed by atoms with Gasteiger partial charge >= 0.3 is 0 Å². The van der Waals surface area contributed by atoms with Crippen LogP contribution < -0.4 is 10.1 Å². The summed E-state index contributed by atoms with van der Waals surface area (Å²) in [4.78, 5) is 14.1. The number of amides is 1. The summed E-state index contributed by atoms with van der Waals surface area (Å²) in [5, 5.41) is 16.3. The highest BCUT2D eigenvalue weighted by Gasteiger charge is 2.37. The number of thiophene rings is 1. The monoisotopic (exact) mass is 417 g/mol. The molecule has 2 aromatic carbocycles. The lowest BCUT2D eigenvalue weighted by atomic mass is 9.86. The molecule has 0 fully saturated rings. The summed E-state index contributed by atoms with van der Waals surface area (Å²) in [6.07, 6.45) is 3.02. The van der Waals surface area contributed by atoms with Gasteiger partial charge in [0.1, 0.15) is 17.1 Å². The maximum absolute atomic E-state index is 13.4. The second-order valence-electron chi connectivity index (χ2n) is 7.18. The van der Waals surface area contributed by atoms with E-state index in [0.29, 0.717) is 17.1 Å². The van der Waals surface area contributed by atoms with Crippen molar-refractivity contribution < 1.29 is 19.1 Å². The van der Waals surface area contributed by atoms with Crippen molar-refractivity contribution in [3.8, 4) is 11.5 Å². The van der Waals surface area contributed by atoms with E-state index in [1.54, 1.807) is 6.07 Å². The highest BCUT2D eigenvalue weighted by Crippen LogP contribution is 2.44. The van der Waals surface area contributed by atoms with Crippen LogP contribution in [0.5, 0.6) is 11.5 Å². The largest absolute Gasteiger partial charge is 0.472 e. The Balaban J connectivity index is 1.47. The van der Waals surface area contributed by atoms with Crippen LogP contribution >= 0.6 is 11.3 Å². The fraction of sp³-hybridized carbons (Fsp3) is 0.125. The fourth-order valence-electron chi connectivity index (χ4n) is 3.85. The van der Waals surface area contributed by atoms with Gasteiger partial charge in [-0.05, 0) is 29.6 Å². The predicted molar refractivity (Wildman–Crippen MR) is 114 cm³/mol. The van der Waals surface area contributed by atoms with Gasteiger partial charge in [0.05, 0.1) is 25.0 Å². The maximum Gasteiger partial charge on any atom is 0.232 e. The first-order valence-electron chi connectivity index (χ1n) is 9.59. The Morgan fingerprint density at radius 3 is 2.30 bits per heavy atom. The molecule has 5 rings (SSSR count). The van der Waals surface area contributed by atoms with Gasteiger partial charge in [-0.25, -0.2) is 0 Å². The van der Waals surface area contributed by atoms with Crippen LogP contribution in [-0.2, 0) is 10.4 Å². The summed E-state index contributed by atoms with van der Waals surface area (Å²) in [6, 6.07) is 20.5. The number of nitrogens with one attached hydrogen (secondary N) is 1. The number of carbonyl (C=O) groups is 1. The number of hydrogen-bond donors (Lipinski definition) is 2. The van der Waals surface area contributed by atoms with Crippen molar-refractivity contribution in [2.45, 2.75) is 11.5 Å². The molecule has 1 amide bonds. The Morgan fingerprint density at radius 2 is 1.70 bits per heavy atom. The molecule has 30 heavy (non-hydrogen) atoms. The lowest BCUT2D eigenvalue weighted by Gasteiger charge is -2.30. The lowest BCUT2D eigenvalue weighted by Crippen LogP contribution is -2.43. The first-order chi connectivity index (χ1) is 14.7. The SMILES string of the molecule is O=C(NC[C@](O)(c1ccoc1)c1cccs1)C1c2ccccc2Oc2ccccc21. The molecule has 3 heterocycles. The Morgan fingerprint density at radius 1 is 1.00 bits per heavy atom. The van der Waals surface area contributed by atoms with Gasteiger partial charge in [-0.2, -0.15) is 0 Å². The second kappa shape index (κ2) is 7.48. The van der Waals surface area contributed by atoms with Crippen LogP contribution in [0.25, 0.3) is 0 Å². The van der Waals surface area contributed by atoms with E-state index in [4.69, 9.17) is 9.15 Å². The van der Waals surface area contributed by atoms with E-state index in [1.807, 2.05) is 66.0 Å². The number of aliphatic hydroxyl groups is 1. The molecule has 5 nitrogen and oxygen atoms in total. The van der Waals surface area contributed by atoms with Crippen LogP contribution in [-0.4, -0.2) is 17.6 Å². The molecule has 0 spiro atoms. The molecule has 1 atom stereocenters. The molecule has 0 bridgehead atoms. The first-order valence-corrected chi connectivity index (χ1v) is 10.5. The number of fused-ring (bicyclic) bond motifs is 2. The van der Waals surface area contributed by atoms with Gasteiger partial charge < -0.3 is 19.6 Å². The molecule has 2 N–H and O–H groups in total. The molecule has 1 aliphatic heterocycles. The van der Waals surface area contributed by atoms with E-state index in [1.165, 1.54) is 23.9 Å². The van der Waals surface area contributed by atoms with Crippen molar-refractivity contribution in [2.75, 3.05) is 6.54 Å². The molecule has 0 unspecified atom stereocenters. The minimum atomic E-state index is -1.37. The zero-order valence-electron chi connectivity index (χ0n) is 15.9. The summed E-state index contributed by atoms with van der Waals surface area (Å²) in [5.74, 6) is 0.610. The number of furan rings is 1. The molecule has 0 saturated carbocycles. The molecule has 0 aliphatic carbocycles. The van der Waals surface area contributed by atoms with Gasteiger partial charge in [-0.1, -0.05) is 42.5 Å². The van der Waals surface area contributed by atoms with Gasteiger partial charge in [0.15, 0.2) is 0 Å². The third-order valence-electron chi connectivity index (χ3n) is 5.39. The van der Waals surface area contributed by atoms with Gasteiger partial charge in [0, 0.05) is 21.6 Å². The van der Waals surface area contributed by atoms with Crippen molar-refractivity contribution in [2.24, 2.45) is 0 Å². The van der Waals surface area contributed by atoms with Crippen LogP contribution in [0.2, 0.25) is 0 Å². The number of hydrogen-bond acceptors (Lipinski definition) is 5. The Bertz CT molecular complexity index is 1090. The van der Waals surface area contributed by atoms with Gasteiger partial charge in [0.2, 0.25) is 5.91 Å². The number of carbonyl (C=O) groups excluding carboxylic acids is 1. The average molecular weight is 417 g/mol. The third-order valence-corrected chi connectivity index (χ3v) is 6.41. The standard InChI is InChI=1S/C24H19NO4S/c26-23(25-15-24(27,16-11-12-28-14-16)21-10-5-13-30-21)22-17-6-1-3-8-19(17)29-20-9-4-2-7-18(20)22/h1-14,22,27H,15H2,(H,25,26)/t24-/m0/s1. The lowest BCUT2D eigenvalue weighted by molar-refractivity contribution is -0.122. The van der Waals surface area contributed by atoms with Crippen LogP contribution in [0, 0.1) is 0 Å². The van der Waals surface area contributed by atoms with Crippen molar-refractivity contribution in [1.29, 1.82) is 0 Å². The number of rotatable bonds is 5. The van der Waals surface area contributed by atoms with Gasteiger partial charge in [0.25, 0.3) is 0 Å². The molecule has 150 valence electrons. The van der Waals surface area contributed by atoms with E-state index in [-0.39, 0.29) is 12.5 Å². The first kappa shape index (κ1) is 18.7. The normalized spacial score (nSPS) is 14.8. The Hall–Kier alpha value is -3.35. The highest BCUT2D eigenvalue weighted by molar-refractivity contribution is 7.10. The maximum atomic E-state index is 13.4. The Labute approximate surface area is 177 Å². The van der Waals surface area contributed by atoms with E-state index >= 15 is 0 Å². The summed E-state index contributed by atoms with van der Waals surface area (Å²) in [5.41, 5.74) is 0.826. The quantitative estimate of drug-likeness (QED) is 0.497. The topological polar surface area (TPSA) is 71.7 Å². The molecule has 6 heteroatoms. The molecule has 1 aliphatic rings. The van der Waals surface area contributed by atoms with Crippen LogP contribution in [0.3, 0.4) is 0 Å². The van der Waals surface area contributed by atoms with Crippen LogP contribution in [0.4, 0.5) is 0 Å². The predicted octanol–water partition coefficient (Wildman–Crippen LogP) is 4.63. The van der Waals surface area contributed by atoms with E-state index in [0.717, 1.165) is 16.0 Å². The minimum absolute atomic E-state index is 0.0214. The van der Waals surface area contributed by atoms with Crippen molar-refractivity contribution in [3.63, 3.8) is 0 Å². The zero-order valence-corrected chi connectivity index (χ0v) is 16.8. The zero-order chi connectivity index (χ0) is 20.6. The van der Waals surface area contributed by atoms with Gasteiger partial charge in [-0.15, -0.1) is 11.3 Å². The number of para-hydroxylation sites is 2. The van der Waals surface area contributed by atoms with Crippen molar-refractivity contribution in [1.82, 2.24) is 5.32 Å². The van der Waals surface area contributed by atoms with E-state index < -0.39 is 11.5 Å². The number of benzene rings is 2. The molecule has 0 saturated heterocycles. The summed E-state index contributed by atoms with van der Waals surface area (Å²) < 4.78 is 11.2. The van der Waals surface area contributed by atoms with E-state index in [2.05, 4.69) is 5.32 Å². The average Bonchev–Trinajstić information content (AvgIpc) is 3.50. The fourth-order valence-corrected chi connectivity index (χ4v) is 4.70. The third kappa shape index (κ3) is 3.10. The Kier molecular flexibility index (Phi) is 4.65. The van der Waals surface area contributed by atoms with Crippen molar-refractivity contribution in [3.05, 3.63) is 106 Å². The molecular formula is C24H19NO4S. The van der Waals surface area contributed by atoms with Crippen LogP contribution in [0.15, 0.2) is 89.1 Å². The summed E-state index contributed by atoms with van der Waals surface area (Å²) in [7, 11) is 0. The molecule has 0 radical (unpaired) electrons. The second-order valence-corrected chi connectivity index (χ2v) is 8.13.